The summed E-state index contributed by atoms with van der Waals surface area (Å²) in [7, 11) is 0. The van der Waals surface area contributed by atoms with E-state index < -0.39 is 0 Å². The Labute approximate surface area is 152 Å². The lowest BCUT2D eigenvalue weighted by atomic mass is 9.93. The first kappa shape index (κ1) is 19.3. The molecule has 1 aliphatic carbocycles. The summed E-state index contributed by atoms with van der Waals surface area (Å²) in [6.07, 6.45) is 7.41. The van der Waals surface area contributed by atoms with Crippen molar-refractivity contribution in [3.8, 4) is 0 Å². The van der Waals surface area contributed by atoms with Gasteiger partial charge in [-0.25, -0.2) is 0 Å². The number of allylic oxidation sites excluding steroid dienone is 1. The molecule has 2 amide bonds. The van der Waals surface area contributed by atoms with Crippen LogP contribution in [0.25, 0.3) is 0 Å². The monoisotopic (exact) mass is 360 g/mol. The SMILES string of the molecule is CSC1=C(/C(=C/NC(=O)c2ccccc2)C(=O)NCCO)CCCC1. The van der Waals surface area contributed by atoms with Crippen LogP contribution in [0.4, 0.5) is 0 Å². The molecule has 0 heterocycles. The van der Waals surface area contributed by atoms with Crippen LogP contribution >= 0.6 is 11.8 Å². The third-order valence-corrected chi connectivity index (χ3v) is 4.96. The molecule has 0 atom stereocenters. The van der Waals surface area contributed by atoms with Gasteiger partial charge in [0.05, 0.1) is 12.2 Å². The zero-order valence-electron chi connectivity index (χ0n) is 14.4. The summed E-state index contributed by atoms with van der Waals surface area (Å²) in [4.78, 5) is 26.0. The number of hydrogen-bond donors (Lipinski definition) is 3. The fourth-order valence-corrected chi connectivity index (χ4v) is 3.56. The van der Waals surface area contributed by atoms with E-state index in [-0.39, 0.29) is 25.0 Å². The average Bonchev–Trinajstić information content (AvgIpc) is 2.67. The van der Waals surface area contributed by atoms with Crippen LogP contribution in [-0.4, -0.2) is 36.3 Å². The van der Waals surface area contributed by atoms with Crippen molar-refractivity contribution in [3.63, 3.8) is 0 Å². The quantitative estimate of drug-likeness (QED) is 0.653. The lowest BCUT2D eigenvalue weighted by molar-refractivity contribution is -0.117. The van der Waals surface area contributed by atoms with Crippen LogP contribution in [0.5, 0.6) is 0 Å². The van der Waals surface area contributed by atoms with E-state index in [1.165, 1.54) is 11.1 Å². The second-order valence-electron chi connectivity index (χ2n) is 5.69. The molecule has 0 aliphatic heterocycles. The van der Waals surface area contributed by atoms with E-state index in [0.29, 0.717) is 11.1 Å². The Morgan fingerprint density at radius 1 is 1.20 bits per heavy atom. The highest BCUT2D eigenvalue weighted by atomic mass is 32.2. The zero-order valence-corrected chi connectivity index (χ0v) is 15.2. The summed E-state index contributed by atoms with van der Waals surface area (Å²) in [5.41, 5.74) is 2.00. The first-order valence-electron chi connectivity index (χ1n) is 8.39. The molecule has 0 spiro atoms. The molecule has 0 unspecified atom stereocenters. The van der Waals surface area contributed by atoms with Gasteiger partial charge in [0, 0.05) is 18.3 Å². The van der Waals surface area contributed by atoms with Gasteiger partial charge in [0.15, 0.2) is 0 Å². The van der Waals surface area contributed by atoms with Crippen molar-refractivity contribution in [2.75, 3.05) is 19.4 Å². The van der Waals surface area contributed by atoms with Crippen LogP contribution in [0.3, 0.4) is 0 Å². The van der Waals surface area contributed by atoms with Crippen molar-refractivity contribution in [2.45, 2.75) is 25.7 Å². The lowest BCUT2D eigenvalue weighted by Crippen LogP contribution is -2.30. The summed E-state index contributed by atoms with van der Waals surface area (Å²) in [6.45, 7) is 0.0640. The van der Waals surface area contributed by atoms with Gasteiger partial charge in [0.1, 0.15) is 0 Å². The normalized spacial score (nSPS) is 15.0. The van der Waals surface area contributed by atoms with Gasteiger partial charge in [0.25, 0.3) is 11.8 Å². The maximum absolute atomic E-state index is 12.5. The van der Waals surface area contributed by atoms with E-state index in [4.69, 9.17) is 5.11 Å². The Bertz CT molecular complexity index is 669. The van der Waals surface area contributed by atoms with Crippen LogP contribution in [-0.2, 0) is 4.79 Å². The van der Waals surface area contributed by atoms with Crippen molar-refractivity contribution in [2.24, 2.45) is 0 Å². The Morgan fingerprint density at radius 2 is 1.92 bits per heavy atom. The molecular weight excluding hydrogens is 336 g/mol. The molecule has 1 aromatic carbocycles. The van der Waals surface area contributed by atoms with Crippen molar-refractivity contribution in [1.29, 1.82) is 0 Å². The van der Waals surface area contributed by atoms with Gasteiger partial charge in [-0.2, -0.15) is 0 Å². The molecule has 0 fully saturated rings. The highest BCUT2D eigenvalue weighted by Crippen LogP contribution is 2.35. The van der Waals surface area contributed by atoms with Crippen LogP contribution in [0, 0.1) is 0 Å². The smallest absolute Gasteiger partial charge is 0.255 e. The van der Waals surface area contributed by atoms with E-state index >= 15 is 0 Å². The van der Waals surface area contributed by atoms with Crippen molar-refractivity contribution >= 4 is 23.6 Å². The number of carbonyl (C=O) groups excluding carboxylic acids is 2. The molecule has 2 rings (SSSR count). The van der Waals surface area contributed by atoms with Crippen molar-refractivity contribution < 1.29 is 14.7 Å². The van der Waals surface area contributed by atoms with E-state index in [9.17, 15) is 9.59 Å². The fraction of sp³-hybridized carbons (Fsp3) is 0.368. The predicted molar refractivity (Wildman–Crippen MR) is 101 cm³/mol. The summed E-state index contributed by atoms with van der Waals surface area (Å²) in [5.74, 6) is -0.527. The molecule has 0 bridgehead atoms. The molecule has 3 N–H and O–H groups in total. The number of rotatable bonds is 7. The van der Waals surface area contributed by atoms with Crippen LogP contribution in [0.2, 0.25) is 0 Å². The van der Waals surface area contributed by atoms with Crippen LogP contribution < -0.4 is 10.6 Å². The standard InChI is InChI=1S/C19H24N2O3S/c1-25-17-10-6-5-9-15(17)16(19(24)20-11-12-22)13-21-18(23)14-7-3-2-4-8-14/h2-4,7-8,13,22H,5-6,9-12H2,1H3,(H,20,24)(H,21,23)/b16-13-. The number of carbonyl (C=O) groups is 2. The second kappa shape index (κ2) is 10.1. The number of thioether (sulfide) groups is 1. The van der Waals surface area contributed by atoms with Crippen molar-refractivity contribution in [3.05, 3.63) is 58.1 Å². The Balaban J connectivity index is 2.26. The summed E-state index contributed by atoms with van der Waals surface area (Å²) in [5, 5.41) is 14.4. The molecule has 0 aromatic heterocycles. The Morgan fingerprint density at radius 3 is 2.60 bits per heavy atom. The third-order valence-electron chi connectivity index (χ3n) is 4.01. The molecule has 6 heteroatoms. The molecule has 1 aliphatic rings. The highest BCUT2D eigenvalue weighted by molar-refractivity contribution is 8.02. The number of amides is 2. The van der Waals surface area contributed by atoms with Crippen LogP contribution in [0.1, 0.15) is 36.0 Å². The van der Waals surface area contributed by atoms with Gasteiger partial charge in [-0.15, -0.1) is 11.8 Å². The molecule has 134 valence electrons. The number of benzene rings is 1. The van der Waals surface area contributed by atoms with E-state index in [1.54, 1.807) is 36.0 Å². The summed E-state index contributed by atoms with van der Waals surface area (Å²) in [6, 6.07) is 8.88. The van der Waals surface area contributed by atoms with E-state index in [0.717, 1.165) is 31.3 Å². The maximum Gasteiger partial charge on any atom is 0.255 e. The zero-order chi connectivity index (χ0) is 18.1. The van der Waals surface area contributed by atoms with Gasteiger partial charge < -0.3 is 15.7 Å². The van der Waals surface area contributed by atoms with Gasteiger partial charge in [-0.1, -0.05) is 18.2 Å². The Kier molecular flexibility index (Phi) is 7.76. The molecule has 5 nitrogen and oxygen atoms in total. The van der Waals surface area contributed by atoms with Gasteiger partial charge in [0.2, 0.25) is 0 Å². The highest BCUT2D eigenvalue weighted by Gasteiger charge is 2.21. The van der Waals surface area contributed by atoms with Crippen LogP contribution in [0.15, 0.2) is 52.6 Å². The molecule has 25 heavy (non-hydrogen) atoms. The minimum atomic E-state index is -0.272. The van der Waals surface area contributed by atoms with Gasteiger partial charge in [-0.05, 0) is 54.6 Å². The van der Waals surface area contributed by atoms with Crippen molar-refractivity contribution in [1.82, 2.24) is 10.6 Å². The average molecular weight is 360 g/mol. The molecule has 0 saturated heterocycles. The summed E-state index contributed by atoms with van der Waals surface area (Å²) < 4.78 is 0. The van der Waals surface area contributed by atoms with E-state index in [2.05, 4.69) is 10.6 Å². The fourth-order valence-electron chi connectivity index (χ4n) is 2.75. The number of aliphatic hydroxyl groups excluding tert-OH is 1. The van der Waals surface area contributed by atoms with E-state index in [1.807, 2.05) is 12.3 Å². The maximum atomic E-state index is 12.5. The molecule has 0 saturated carbocycles. The molecular formula is C19H24N2O3S. The first-order chi connectivity index (χ1) is 12.2. The second-order valence-corrected chi connectivity index (χ2v) is 6.59. The third kappa shape index (κ3) is 5.47. The first-order valence-corrected chi connectivity index (χ1v) is 9.61. The lowest BCUT2D eigenvalue weighted by Gasteiger charge is -2.21. The van der Waals surface area contributed by atoms with Gasteiger partial charge in [-0.3, -0.25) is 9.59 Å². The minimum Gasteiger partial charge on any atom is -0.395 e. The molecule has 0 radical (unpaired) electrons. The molecule has 1 aromatic rings. The van der Waals surface area contributed by atoms with Gasteiger partial charge >= 0.3 is 0 Å². The number of aliphatic hydroxyl groups is 1. The number of nitrogens with one attached hydrogen (secondary N) is 2. The Hall–Kier alpha value is -2.05. The predicted octanol–water partition coefficient (Wildman–Crippen LogP) is 2.60. The summed E-state index contributed by atoms with van der Waals surface area (Å²) >= 11 is 1.65. The minimum absolute atomic E-state index is 0.121. The topological polar surface area (TPSA) is 78.4 Å². The largest absolute Gasteiger partial charge is 0.395 e. The number of hydrogen-bond acceptors (Lipinski definition) is 4.